The van der Waals surface area contributed by atoms with Crippen molar-refractivity contribution in [2.75, 3.05) is 0 Å². The van der Waals surface area contributed by atoms with Crippen molar-refractivity contribution in [1.82, 2.24) is 4.90 Å². The highest BCUT2D eigenvalue weighted by molar-refractivity contribution is 5.96. The number of ketones is 1. The Balaban J connectivity index is 1.75. The lowest BCUT2D eigenvalue weighted by Crippen LogP contribution is -2.48. The summed E-state index contributed by atoms with van der Waals surface area (Å²) in [6, 6.07) is 5.66. The molecule has 5 heteroatoms. The highest BCUT2D eigenvalue weighted by Crippen LogP contribution is 2.37. The van der Waals surface area contributed by atoms with Gasteiger partial charge in [-0.2, -0.15) is 0 Å². The van der Waals surface area contributed by atoms with Crippen LogP contribution in [0.1, 0.15) is 48.5 Å². The van der Waals surface area contributed by atoms with E-state index in [1.165, 1.54) is 0 Å². The van der Waals surface area contributed by atoms with Crippen LogP contribution in [0, 0.1) is 6.92 Å². The molecule has 2 unspecified atom stereocenters. The minimum Gasteiger partial charge on any atom is -0.490 e. The number of fused-ring (bicyclic) bond motifs is 2. The van der Waals surface area contributed by atoms with Crippen LogP contribution >= 0.6 is 0 Å². The Bertz CT molecular complexity index is 599. The topological polar surface area (TPSA) is 66.8 Å². The summed E-state index contributed by atoms with van der Waals surface area (Å²) in [4.78, 5) is 24.5. The molecular formula is C17H21NO4. The van der Waals surface area contributed by atoms with Crippen LogP contribution in [0.15, 0.2) is 18.2 Å². The number of rotatable bonds is 3. The van der Waals surface area contributed by atoms with Crippen molar-refractivity contribution < 1.29 is 19.4 Å². The number of carbonyl (C=O) groups is 2. The standard InChI is InChI=1S/C17H21NO4/c1-10-15(11(2)19)4-3-5-16(10)22-14-8-12-6-7-13(9-14)18(12)17(20)21/h3-5,12-14H,6-9H2,1-2H3,(H,20,21). The fourth-order valence-corrected chi connectivity index (χ4v) is 3.84. The van der Waals surface area contributed by atoms with E-state index in [-0.39, 0.29) is 24.0 Å². The summed E-state index contributed by atoms with van der Waals surface area (Å²) in [6.07, 6.45) is 2.50. The largest absolute Gasteiger partial charge is 0.490 e. The van der Waals surface area contributed by atoms with Crippen LogP contribution < -0.4 is 4.74 Å². The molecule has 118 valence electrons. The average molecular weight is 303 g/mol. The molecule has 1 aromatic rings. The number of benzene rings is 1. The second-order valence-electron chi connectivity index (χ2n) is 6.27. The maximum Gasteiger partial charge on any atom is 0.407 e. The lowest BCUT2D eigenvalue weighted by molar-refractivity contribution is 0.0492. The van der Waals surface area contributed by atoms with Gasteiger partial charge in [-0.15, -0.1) is 0 Å². The van der Waals surface area contributed by atoms with Crippen LogP contribution in [0.3, 0.4) is 0 Å². The van der Waals surface area contributed by atoms with Crippen molar-refractivity contribution in [1.29, 1.82) is 0 Å². The molecule has 1 amide bonds. The molecule has 2 saturated heterocycles. The predicted octanol–water partition coefficient (Wildman–Crippen LogP) is 3.25. The predicted molar refractivity (Wildman–Crippen MR) is 81.5 cm³/mol. The molecule has 0 saturated carbocycles. The first kappa shape index (κ1) is 14.9. The number of hydrogen-bond acceptors (Lipinski definition) is 3. The summed E-state index contributed by atoms with van der Waals surface area (Å²) in [6.45, 7) is 3.45. The summed E-state index contributed by atoms with van der Waals surface area (Å²) in [5.41, 5.74) is 1.55. The number of carboxylic acid groups (broad SMARTS) is 1. The number of ether oxygens (including phenoxy) is 1. The minimum absolute atomic E-state index is 0.0222. The van der Waals surface area contributed by atoms with Gasteiger partial charge in [0.25, 0.3) is 0 Å². The molecule has 2 fully saturated rings. The summed E-state index contributed by atoms with van der Waals surface area (Å²) < 4.78 is 6.11. The van der Waals surface area contributed by atoms with E-state index in [1.807, 2.05) is 19.1 Å². The highest BCUT2D eigenvalue weighted by Gasteiger charge is 2.44. The molecule has 22 heavy (non-hydrogen) atoms. The first-order valence-corrected chi connectivity index (χ1v) is 7.76. The molecule has 2 atom stereocenters. The highest BCUT2D eigenvalue weighted by atomic mass is 16.5. The molecule has 0 aromatic heterocycles. The van der Waals surface area contributed by atoms with E-state index >= 15 is 0 Å². The second kappa shape index (κ2) is 5.63. The molecule has 5 nitrogen and oxygen atoms in total. The van der Waals surface area contributed by atoms with Crippen LogP contribution in [0.4, 0.5) is 4.79 Å². The minimum atomic E-state index is -0.819. The van der Waals surface area contributed by atoms with Gasteiger partial charge in [-0.3, -0.25) is 4.79 Å². The van der Waals surface area contributed by atoms with Gasteiger partial charge in [-0.1, -0.05) is 12.1 Å². The lowest BCUT2D eigenvalue weighted by atomic mass is 9.99. The van der Waals surface area contributed by atoms with Crippen LogP contribution in [0.2, 0.25) is 0 Å². The molecule has 0 aliphatic carbocycles. The summed E-state index contributed by atoms with van der Waals surface area (Å²) in [5, 5.41) is 9.28. The van der Waals surface area contributed by atoms with Crippen LogP contribution in [0.5, 0.6) is 5.75 Å². The Labute approximate surface area is 129 Å². The second-order valence-corrected chi connectivity index (χ2v) is 6.27. The number of nitrogens with zero attached hydrogens (tertiary/aromatic N) is 1. The summed E-state index contributed by atoms with van der Waals surface area (Å²) in [5.74, 6) is 0.768. The number of hydrogen-bond donors (Lipinski definition) is 1. The molecule has 2 heterocycles. The van der Waals surface area contributed by atoms with Gasteiger partial charge in [-0.05, 0) is 32.8 Å². The van der Waals surface area contributed by atoms with Gasteiger partial charge < -0.3 is 14.7 Å². The zero-order valence-corrected chi connectivity index (χ0v) is 12.9. The van der Waals surface area contributed by atoms with E-state index in [1.54, 1.807) is 17.9 Å². The first-order chi connectivity index (χ1) is 10.5. The van der Waals surface area contributed by atoms with E-state index < -0.39 is 6.09 Å². The normalized spacial score (nSPS) is 26.8. The van der Waals surface area contributed by atoms with E-state index in [4.69, 9.17) is 4.74 Å². The Morgan fingerprint density at radius 3 is 2.41 bits per heavy atom. The van der Waals surface area contributed by atoms with Gasteiger partial charge in [0, 0.05) is 36.1 Å². The van der Waals surface area contributed by atoms with Gasteiger partial charge in [0.15, 0.2) is 5.78 Å². The van der Waals surface area contributed by atoms with Crippen molar-refractivity contribution in [2.24, 2.45) is 0 Å². The fourth-order valence-electron chi connectivity index (χ4n) is 3.84. The SMILES string of the molecule is CC(=O)c1cccc(OC2CC3CCC(C2)N3C(=O)O)c1C. The summed E-state index contributed by atoms with van der Waals surface area (Å²) >= 11 is 0. The monoisotopic (exact) mass is 303 g/mol. The first-order valence-electron chi connectivity index (χ1n) is 7.76. The third-order valence-corrected chi connectivity index (χ3v) is 4.87. The maximum absolute atomic E-state index is 11.6. The third kappa shape index (κ3) is 2.56. The van der Waals surface area contributed by atoms with Gasteiger partial charge in [-0.25, -0.2) is 4.79 Å². The van der Waals surface area contributed by atoms with E-state index in [9.17, 15) is 14.7 Å². The van der Waals surface area contributed by atoms with Gasteiger partial charge in [0.2, 0.25) is 0 Å². The zero-order chi connectivity index (χ0) is 15.9. The smallest absolute Gasteiger partial charge is 0.407 e. The average Bonchev–Trinajstić information content (AvgIpc) is 2.73. The van der Waals surface area contributed by atoms with Gasteiger partial charge in [0.1, 0.15) is 11.9 Å². The molecule has 1 N–H and O–H groups in total. The summed E-state index contributed by atoms with van der Waals surface area (Å²) in [7, 11) is 0. The van der Waals surface area contributed by atoms with E-state index in [2.05, 4.69) is 0 Å². The van der Waals surface area contributed by atoms with E-state index in [0.29, 0.717) is 5.56 Å². The quantitative estimate of drug-likeness (QED) is 0.870. The van der Waals surface area contributed by atoms with Crippen molar-refractivity contribution in [3.8, 4) is 5.75 Å². The van der Waals surface area contributed by atoms with Crippen LogP contribution in [0.25, 0.3) is 0 Å². The van der Waals surface area contributed by atoms with Crippen molar-refractivity contribution in [3.05, 3.63) is 29.3 Å². The van der Waals surface area contributed by atoms with Crippen molar-refractivity contribution in [3.63, 3.8) is 0 Å². The Morgan fingerprint density at radius 1 is 1.23 bits per heavy atom. The van der Waals surface area contributed by atoms with Crippen molar-refractivity contribution >= 4 is 11.9 Å². The maximum atomic E-state index is 11.6. The number of carbonyl (C=O) groups excluding carboxylic acids is 1. The number of amides is 1. The molecule has 2 bridgehead atoms. The molecule has 2 aliphatic heterocycles. The molecule has 0 spiro atoms. The van der Waals surface area contributed by atoms with Gasteiger partial charge >= 0.3 is 6.09 Å². The Hall–Kier alpha value is -2.04. The van der Waals surface area contributed by atoms with Gasteiger partial charge in [0.05, 0.1) is 0 Å². The Morgan fingerprint density at radius 2 is 1.86 bits per heavy atom. The fraction of sp³-hybridized carbons (Fsp3) is 0.529. The Kier molecular flexibility index (Phi) is 3.81. The molecule has 1 aromatic carbocycles. The van der Waals surface area contributed by atoms with Crippen LogP contribution in [-0.4, -0.2) is 40.1 Å². The zero-order valence-electron chi connectivity index (χ0n) is 12.9. The van der Waals surface area contributed by atoms with Crippen molar-refractivity contribution in [2.45, 2.75) is 57.7 Å². The molecule has 0 radical (unpaired) electrons. The van der Waals surface area contributed by atoms with E-state index in [0.717, 1.165) is 37.0 Å². The molecule has 2 aliphatic rings. The third-order valence-electron chi connectivity index (χ3n) is 4.87. The molecule has 3 rings (SSSR count). The number of Topliss-reactive ketones (excluding diaryl/α,β-unsaturated/α-hetero) is 1. The number of piperidine rings is 1. The lowest BCUT2D eigenvalue weighted by Gasteiger charge is -2.37. The molecular weight excluding hydrogens is 282 g/mol. The van der Waals surface area contributed by atoms with Crippen LogP contribution in [-0.2, 0) is 0 Å².